The molecule has 0 saturated heterocycles. The van der Waals surface area contributed by atoms with Crippen molar-refractivity contribution in [1.82, 2.24) is 4.90 Å². The second-order valence-corrected chi connectivity index (χ2v) is 4.58. The van der Waals surface area contributed by atoms with Crippen LogP contribution in [0.1, 0.15) is 6.92 Å². The van der Waals surface area contributed by atoms with Crippen LogP contribution in [0.15, 0.2) is 65.7 Å². The number of rotatable bonds is 3. The normalized spacial score (nSPS) is 10.6. The second-order valence-electron chi connectivity index (χ2n) is 4.58. The number of alkyl halides is 2. The van der Waals surface area contributed by atoms with Crippen LogP contribution >= 0.6 is 0 Å². The first kappa shape index (κ1) is 19.1. The molecule has 7 heteroatoms. The summed E-state index contributed by atoms with van der Waals surface area (Å²) in [5.74, 6) is -0.207. The van der Waals surface area contributed by atoms with Gasteiger partial charge < -0.3 is 10.5 Å². The fraction of sp³-hybridized carbons (Fsp3) is 0.176. The van der Waals surface area contributed by atoms with Gasteiger partial charge in [-0.25, -0.2) is 4.99 Å². The minimum atomic E-state index is -2.87. The van der Waals surface area contributed by atoms with E-state index >= 15 is 0 Å². The SMILES string of the molecule is CC(=O)N(C)C(N)=Nc1ccc(OC(F)F)cc1.c1ccccc1. The molecule has 0 heterocycles. The van der Waals surface area contributed by atoms with Gasteiger partial charge in [0.05, 0.1) is 5.69 Å². The minimum absolute atomic E-state index is 0.0185. The molecule has 0 unspecified atom stereocenters. The molecule has 0 aliphatic heterocycles. The molecule has 0 radical (unpaired) electrons. The molecular formula is C17H19F2N3O2. The zero-order chi connectivity index (χ0) is 17.9. The van der Waals surface area contributed by atoms with Crippen LogP contribution in [0.4, 0.5) is 14.5 Å². The number of hydrogen-bond donors (Lipinski definition) is 1. The molecule has 0 aliphatic carbocycles. The number of guanidine groups is 1. The Labute approximate surface area is 139 Å². The first-order chi connectivity index (χ1) is 11.4. The molecule has 0 aliphatic rings. The molecule has 5 nitrogen and oxygen atoms in total. The maximum absolute atomic E-state index is 11.9. The summed E-state index contributed by atoms with van der Waals surface area (Å²) in [5, 5.41) is 0. The van der Waals surface area contributed by atoms with Crippen molar-refractivity contribution in [3.05, 3.63) is 60.7 Å². The predicted molar refractivity (Wildman–Crippen MR) is 89.2 cm³/mol. The van der Waals surface area contributed by atoms with Crippen molar-refractivity contribution in [3.63, 3.8) is 0 Å². The quantitative estimate of drug-likeness (QED) is 0.690. The highest BCUT2D eigenvalue weighted by atomic mass is 19.3. The molecule has 0 bridgehead atoms. The number of carbonyl (C=O) groups excluding carboxylic acids is 1. The first-order valence-electron chi connectivity index (χ1n) is 7.03. The number of nitrogens with zero attached hydrogens (tertiary/aromatic N) is 2. The summed E-state index contributed by atoms with van der Waals surface area (Å²) in [6, 6.07) is 17.6. The van der Waals surface area contributed by atoms with Gasteiger partial charge >= 0.3 is 6.61 Å². The van der Waals surface area contributed by atoms with Gasteiger partial charge in [-0.2, -0.15) is 8.78 Å². The Balaban J connectivity index is 0.000000400. The molecule has 2 aromatic carbocycles. The van der Waals surface area contributed by atoms with Crippen molar-refractivity contribution < 1.29 is 18.3 Å². The van der Waals surface area contributed by atoms with Gasteiger partial charge in [0, 0.05) is 14.0 Å². The minimum Gasteiger partial charge on any atom is -0.435 e. The van der Waals surface area contributed by atoms with E-state index in [1.165, 1.54) is 43.1 Å². The lowest BCUT2D eigenvalue weighted by Crippen LogP contribution is -2.37. The van der Waals surface area contributed by atoms with Crippen LogP contribution in [0.25, 0.3) is 0 Å². The molecule has 2 aromatic rings. The number of benzene rings is 2. The highest BCUT2D eigenvalue weighted by molar-refractivity contribution is 5.95. The van der Waals surface area contributed by atoms with Gasteiger partial charge in [-0.15, -0.1) is 0 Å². The third-order valence-electron chi connectivity index (χ3n) is 2.79. The average molecular weight is 335 g/mol. The van der Waals surface area contributed by atoms with Crippen LogP contribution in [0.5, 0.6) is 5.75 Å². The third kappa shape index (κ3) is 7.35. The van der Waals surface area contributed by atoms with Crippen molar-refractivity contribution in [1.29, 1.82) is 0 Å². The lowest BCUT2D eigenvalue weighted by atomic mass is 10.3. The zero-order valence-corrected chi connectivity index (χ0v) is 13.4. The van der Waals surface area contributed by atoms with Gasteiger partial charge in [-0.1, -0.05) is 36.4 Å². The Bertz CT molecular complexity index is 620. The zero-order valence-electron chi connectivity index (χ0n) is 13.4. The number of hydrogen-bond acceptors (Lipinski definition) is 3. The molecule has 2 rings (SSSR count). The van der Waals surface area contributed by atoms with Crippen molar-refractivity contribution in [2.24, 2.45) is 10.7 Å². The Morgan fingerprint density at radius 1 is 1.08 bits per heavy atom. The van der Waals surface area contributed by atoms with E-state index in [9.17, 15) is 13.6 Å². The highest BCUT2D eigenvalue weighted by Gasteiger charge is 2.07. The maximum Gasteiger partial charge on any atom is 0.387 e. The first-order valence-corrected chi connectivity index (χ1v) is 7.03. The highest BCUT2D eigenvalue weighted by Crippen LogP contribution is 2.19. The van der Waals surface area contributed by atoms with E-state index in [0.29, 0.717) is 5.69 Å². The van der Waals surface area contributed by atoms with Crippen LogP contribution in [-0.2, 0) is 4.79 Å². The van der Waals surface area contributed by atoms with Crippen molar-refractivity contribution in [3.8, 4) is 5.75 Å². The smallest absolute Gasteiger partial charge is 0.387 e. The van der Waals surface area contributed by atoms with Gasteiger partial charge in [-0.05, 0) is 24.3 Å². The Hall–Kier alpha value is -2.96. The van der Waals surface area contributed by atoms with E-state index in [1.807, 2.05) is 36.4 Å². The van der Waals surface area contributed by atoms with Crippen molar-refractivity contribution in [2.45, 2.75) is 13.5 Å². The fourth-order valence-electron chi connectivity index (χ4n) is 1.46. The van der Waals surface area contributed by atoms with E-state index < -0.39 is 6.61 Å². The topological polar surface area (TPSA) is 67.9 Å². The molecule has 0 saturated carbocycles. The summed E-state index contributed by atoms with van der Waals surface area (Å²) in [7, 11) is 1.48. The van der Waals surface area contributed by atoms with Gasteiger partial charge in [0.2, 0.25) is 11.9 Å². The second kappa shape index (κ2) is 9.94. The number of carbonyl (C=O) groups is 1. The number of nitrogens with two attached hydrogens (primary N) is 1. The van der Waals surface area contributed by atoms with Gasteiger partial charge in [0.1, 0.15) is 5.75 Å². The average Bonchev–Trinajstić information content (AvgIpc) is 2.57. The molecule has 0 atom stereocenters. The summed E-state index contributed by atoms with van der Waals surface area (Å²) in [4.78, 5) is 16.1. The number of amides is 1. The molecular weight excluding hydrogens is 316 g/mol. The van der Waals surface area contributed by atoms with E-state index in [4.69, 9.17) is 5.73 Å². The molecule has 2 N–H and O–H groups in total. The lowest BCUT2D eigenvalue weighted by molar-refractivity contribution is -0.124. The molecule has 0 aromatic heterocycles. The monoisotopic (exact) mass is 335 g/mol. The molecule has 128 valence electrons. The van der Waals surface area contributed by atoms with Crippen molar-refractivity contribution in [2.75, 3.05) is 7.05 Å². The maximum atomic E-state index is 11.9. The van der Waals surface area contributed by atoms with Gasteiger partial charge in [0.25, 0.3) is 0 Å². The van der Waals surface area contributed by atoms with E-state index in [1.54, 1.807) is 0 Å². The van der Waals surface area contributed by atoms with Gasteiger partial charge in [0.15, 0.2) is 0 Å². The Morgan fingerprint density at radius 2 is 1.54 bits per heavy atom. The summed E-state index contributed by atoms with van der Waals surface area (Å²) in [6.45, 7) is -1.52. The van der Waals surface area contributed by atoms with Crippen LogP contribution in [0.3, 0.4) is 0 Å². The van der Waals surface area contributed by atoms with Gasteiger partial charge in [-0.3, -0.25) is 9.69 Å². The number of ether oxygens (including phenoxy) is 1. The molecule has 24 heavy (non-hydrogen) atoms. The molecule has 1 amide bonds. The Kier molecular flexibility index (Phi) is 7.90. The standard InChI is InChI=1S/C11H13F2N3O2.C6H6/c1-7(17)16(2)11(14)15-8-3-5-9(6-4-8)18-10(12)13;1-2-4-6-5-3-1/h3-6,10H,1-2H3,(H2,14,15);1-6H. The lowest BCUT2D eigenvalue weighted by Gasteiger charge is -2.13. The Morgan fingerprint density at radius 3 is 1.92 bits per heavy atom. The van der Waals surface area contributed by atoms with E-state index in [0.717, 1.165) is 0 Å². The summed E-state index contributed by atoms with van der Waals surface area (Å²) in [5.41, 5.74) is 6.01. The summed E-state index contributed by atoms with van der Waals surface area (Å²) < 4.78 is 28.0. The summed E-state index contributed by atoms with van der Waals surface area (Å²) >= 11 is 0. The van der Waals surface area contributed by atoms with Crippen LogP contribution in [0, 0.1) is 0 Å². The molecule has 0 fully saturated rings. The van der Waals surface area contributed by atoms with Crippen LogP contribution < -0.4 is 10.5 Å². The largest absolute Gasteiger partial charge is 0.435 e. The number of halogens is 2. The van der Waals surface area contributed by atoms with Crippen LogP contribution in [0.2, 0.25) is 0 Å². The van der Waals surface area contributed by atoms with E-state index in [-0.39, 0.29) is 17.6 Å². The third-order valence-corrected chi connectivity index (χ3v) is 2.79. The predicted octanol–water partition coefficient (Wildman–Crippen LogP) is 3.40. The number of aliphatic imine (C=N–C) groups is 1. The van der Waals surface area contributed by atoms with Crippen LogP contribution in [-0.4, -0.2) is 30.4 Å². The summed E-state index contributed by atoms with van der Waals surface area (Å²) in [6.07, 6.45) is 0. The van der Waals surface area contributed by atoms with E-state index in [2.05, 4.69) is 9.73 Å². The van der Waals surface area contributed by atoms with Crippen molar-refractivity contribution >= 4 is 17.6 Å². The fourth-order valence-corrected chi connectivity index (χ4v) is 1.46. The molecule has 0 spiro atoms.